The van der Waals surface area contributed by atoms with Gasteiger partial charge in [-0.2, -0.15) is 0 Å². The summed E-state index contributed by atoms with van der Waals surface area (Å²) in [6.07, 6.45) is 8.72. The van der Waals surface area contributed by atoms with E-state index in [2.05, 4.69) is 10.9 Å². The quantitative estimate of drug-likeness (QED) is 0.750. The number of aromatic nitrogens is 1. The summed E-state index contributed by atoms with van der Waals surface area (Å²) in [6.45, 7) is 0. The third-order valence-electron chi connectivity index (χ3n) is 1.67. The van der Waals surface area contributed by atoms with Crippen LogP contribution in [-0.4, -0.2) is 10.1 Å². The smallest absolute Gasteiger partial charge is 0.0814 e. The number of pyridine rings is 1. The molecule has 2 nitrogen and oxygen atoms in total. The summed E-state index contributed by atoms with van der Waals surface area (Å²) in [5.74, 6) is 2.47. The molecule has 1 rings (SSSR count). The second-order valence-electron chi connectivity index (χ2n) is 2.70. The molecule has 13 heavy (non-hydrogen) atoms. The van der Waals surface area contributed by atoms with Gasteiger partial charge in [0.05, 0.1) is 11.1 Å². The average Bonchev–Trinajstić information content (AvgIpc) is 2.14. The van der Waals surface area contributed by atoms with Gasteiger partial charge in [-0.05, 0) is 12.5 Å². The number of hydrogen-bond acceptors (Lipinski definition) is 2. The van der Waals surface area contributed by atoms with E-state index in [-0.39, 0.29) is 0 Å². The van der Waals surface area contributed by atoms with Crippen LogP contribution >= 0.6 is 11.6 Å². The third kappa shape index (κ3) is 3.06. The Hall–Kier alpha value is -1.04. The van der Waals surface area contributed by atoms with Gasteiger partial charge in [-0.25, -0.2) is 0 Å². The lowest BCUT2D eigenvalue weighted by Gasteiger charge is -2.08. The van der Waals surface area contributed by atoms with E-state index in [0.29, 0.717) is 23.4 Å². The fourth-order valence-electron chi connectivity index (χ4n) is 0.997. The molecule has 1 aromatic heterocycles. The zero-order valence-corrected chi connectivity index (χ0v) is 7.83. The van der Waals surface area contributed by atoms with Gasteiger partial charge >= 0.3 is 0 Å². The van der Waals surface area contributed by atoms with Crippen LogP contribution in [0.4, 0.5) is 0 Å². The Bertz CT molecular complexity index is 319. The van der Waals surface area contributed by atoms with E-state index in [9.17, 15) is 5.11 Å². The molecule has 0 aromatic carbocycles. The summed E-state index contributed by atoms with van der Waals surface area (Å²) in [6, 6.07) is 1.69. The van der Waals surface area contributed by atoms with Crippen molar-refractivity contribution >= 4 is 11.6 Å². The zero-order valence-electron chi connectivity index (χ0n) is 7.07. The maximum atomic E-state index is 9.58. The Balaban J connectivity index is 2.66. The van der Waals surface area contributed by atoms with Gasteiger partial charge in [0.1, 0.15) is 0 Å². The molecular formula is C10H10ClNO. The van der Waals surface area contributed by atoms with Crippen molar-refractivity contribution in [3.8, 4) is 12.3 Å². The van der Waals surface area contributed by atoms with Crippen molar-refractivity contribution in [3.05, 3.63) is 29.0 Å². The first-order valence-electron chi connectivity index (χ1n) is 3.96. The number of nitrogens with zero attached hydrogens (tertiary/aromatic N) is 1. The Morgan fingerprint density at radius 2 is 2.38 bits per heavy atom. The van der Waals surface area contributed by atoms with Crippen molar-refractivity contribution in [2.24, 2.45) is 0 Å². The highest BCUT2D eigenvalue weighted by molar-refractivity contribution is 6.30. The predicted octanol–water partition coefficient (Wildman–Crippen LogP) is 2.18. The summed E-state index contributed by atoms with van der Waals surface area (Å²) in [5.41, 5.74) is 0.711. The topological polar surface area (TPSA) is 33.1 Å². The highest BCUT2D eigenvalue weighted by atomic mass is 35.5. The van der Waals surface area contributed by atoms with Crippen LogP contribution in [-0.2, 0) is 0 Å². The molecule has 1 unspecified atom stereocenters. The molecule has 0 spiro atoms. The normalized spacial score (nSPS) is 12.1. The predicted molar refractivity (Wildman–Crippen MR) is 52.3 cm³/mol. The molecular weight excluding hydrogens is 186 g/mol. The summed E-state index contributed by atoms with van der Waals surface area (Å²) >= 11 is 5.71. The molecule has 1 atom stereocenters. The van der Waals surface area contributed by atoms with Crippen LogP contribution in [0.15, 0.2) is 18.5 Å². The first-order valence-corrected chi connectivity index (χ1v) is 4.34. The van der Waals surface area contributed by atoms with Crippen molar-refractivity contribution in [2.45, 2.75) is 18.9 Å². The standard InChI is InChI=1S/C10H10ClNO/c1-2-3-4-10(13)8-5-9(11)7-12-6-8/h1,5-7,10,13H,3-4H2. The van der Waals surface area contributed by atoms with Crippen molar-refractivity contribution in [1.29, 1.82) is 0 Å². The maximum absolute atomic E-state index is 9.58. The number of rotatable bonds is 3. The fourth-order valence-corrected chi connectivity index (χ4v) is 1.18. The van der Waals surface area contributed by atoms with Crippen molar-refractivity contribution < 1.29 is 5.11 Å². The Morgan fingerprint density at radius 1 is 1.62 bits per heavy atom. The molecule has 0 fully saturated rings. The maximum Gasteiger partial charge on any atom is 0.0814 e. The van der Waals surface area contributed by atoms with Crippen LogP contribution in [0, 0.1) is 12.3 Å². The number of aliphatic hydroxyl groups excluding tert-OH is 1. The lowest BCUT2D eigenvalue weighted by molar-refractivity contribution is 0.169. The second kappa shape index (κ2) is 4.86. The molecule has 0 aliphatic heterocycles. The molecule has 0 bridgehead atoms. The van der Waals surface area contributed by atoms with Gasteiger partial charge in [0.2, 0.25) is 0 Å². The minimum atomic E-state index is -0.567. The summed E-state index contributed by atoms with van der Waals surface area (Å²) in [5, 5.41) is 10.1. The number of hydrogen-bond donors (Lipinski definition) is 1. The Morgan fingerprint density at radius 3 is 3.00 bits per heavy atom. The number of halogens is 1. The van der Waals surface area contributed by atoms with Gasteiger partial charge in [0.25, 0.3) is 0 Å². The molecule has 0 radical (unpaired) electrons. The Kier molecular flexibility index (Phi) is 3.75. The van der Waals surface area contributed by atoms with Crippen LogP contribution < -0.4 is 0 Å². The Labute approximate surface area is 82.6 Å². The van der Waals surface area contributed by atoms with E-state index >= 15 is 0 Å². The van der Waals surface area contributed by atoms with Gasteiger partial charge in [0, 0.05) is 24.4 Å². The number of aliphatic hydroxyl groups is 1. The number of terminal acetylenes is 1. The summed E-state index contributed by atoms with van der Waals surface area (Å²) in [4.78, 5) is 3.87. The SMILES string of the molecule is C#CCCC(O)c1cncc(Cl)c1. The molecule has 0 aliphatic rings. The third-order valence-corrected chi connectivity index (χ3v) is 1.88. The van der Waals surface area contributed by atoms with Crippen LogP contribution in [0.2, 0.25) is 5.02 Å². The largest absolute Gasteiger partial charge is 0.388 e. The van der Waals surface area contributed by atoms with Crippen molar-refractivity contribution in [3.63, 3.8) is 0 Å². The zero-order chi connectivity index (χ0) is 9.68. The van der Waals surface area contributed by atoms with Crippen LogP contribution in [0.25, 0.3) is 0 Å². The van der Waals surface area contributed by atoms with Crippen molar-refractivity contribution in [1.82, 2.24) is 4.98 Å². The minimum absolute atomic E-state index is 0.525. The fraction of sp³-hybridized carbons (Fsp3) is 0.300. The van der Waals surface area contributed by atoms with E-state index < -0.39 is 6.10 Å². The van der Waals surface area contributed by atoms with Crippen LogP contribution in [0.1, 0.15) is 24.5 Å². The van der Waals surface area contributed by atoms with E-state index in [1.165, 1.54) is 6.20 Å². The average molecular weight is 196 g/mol. The molecule has 1 N–H and O–H groups in total. The van der Waals surface area contributed by atoms with Gasteiger partial charge in [0.15, 0.2) is 0 Å². The molecule has 3 heteroatoms. The highest BCUT2D eigenvalue weighted by Gasteiger charge is 2.06. The van der Waals surface area contributed by atoms with Crippen molar-refractivity contribution in [2.75, 3.05) is 0 Å². The minimum Gasteiger partial charge on any atom is -0.388 e. The molecule has 68 valence electrons. The monoisotopic (exact) mass is 195 g/mol. The second-order valence-corrected chi connectivity index (χ2v) is 3.13. The lowest BCUT2D eigenvalue weighted by Crippen LogP contribution is -1.97. The van der Waals surface area contributed by atoms with E-state index in [1.807, 2.05) is 0 Å². The van der Waals surface area contributed by atoms with Crippen LogP contribution in [0.5, 0.6) is 0 Å². The van der Waals surface area contributed by atoms with Crippen LogP contribution in [0.3, 0.4) is 0 Å². The molecule has 0 amide bonds. The van der Waals surface area contributed by atoms with E-state index in [4.69, 9.17) is 18.0 Å². The molecule has 0 saturated heterocycles. The van der Waals surface area contributed by atoms with Gasteiger partial charge in [-0.3, -0.25) is 4.98 Å². The molecule has 0 aliphatic carbocycles. The molecule has 1 heterocycles. The molecule has 1 aromatic rings. The lowest BCUT2D eigenvalue weighted by atomic mass is 10.1. The summed E-state index contributed by atoms with van der Waals surface area (Å²) in [7, 11) is 0. The van der Waals surface area contributed by atoms with Gasteiger partial charge < -0.3 is 5.11 Å². The molecule has 0 saturated carbocycles. The summed E-state index contributed by atoms with van der Waals surface area (Å²) < 4.78 is 0. The van der Waals surface area contributed by atoms with Gasteiger partial charge in [-0.1, -0.05) is 11.6 Å². The first kappa shape index (κ1) is 10.0. The van der Waals surface area contributed by atoms with E-state index in [0.717, 1.165) is 0 Å². The van der Waals surface area contributed by atoms with E-state index in [1.54, 1.807) is 12.3 Å². The highest BCUT2D eigenvalue weighted by Crippen LogP contribution is 2.19. The van der Waals surface area contributed by atoms with Gasteiger partial charge in [-0.15, -0.1) is 12.3 Å². The first-order chi connectivity index (χ1) is 6.24.